The summed E-state index contributed by atoms with van der Waals surface area (Å²) in [6, 6.07) is 8.38. The molecule has 1 N–H and O–H groups in total. The Morgan fingerprint density at radius 2 is 1.30 bits per heavy atom. The summed E-state index contributed by atoms with van der Waals surface area (Å²) in [7, 11) is 0. The molecule has 0 bridgehead atoms. The molecule has 0 unspecified atom stereocenters. The summed E-state index contributed by atoms with van der Waals surface area (Å²) in [5, 5.41) is 1.34. The number of fused-ring (bicyclic) bond motifs is 1. The Balaban J connectivity index is 0. The summed E-state index contributed by atoms with van der Waals surface area (Å²) in [5.74, 6) is 0. The number of halogens is 3. The molecular formula is C16H26F3N. The van der Waals surface area contributed by atoms with E-state index in [1.807, 2.05) is 27.7 Å². The fraction of sp³-hybridized carbons (Fsp3) is 0.500. The van der Waals surface area contributed by atoms with Gasteiger partial charge in [0.05, 0.1) is 0 Å². The van der Waals surface area contributed by atoms with Crippen LogP contribution in [-0.4, -0.2) is 11.2 Å². The molecule has 0 radical (unpaired) electrons. The zero-order valence-corrected chi connectivity index (χ0v) is 13.4. The second-order valence-electron chi connectivity index (χ2n) is 3.70. The van der Waals surface area contributed by atoms with Gasteiger partial charge >= 0.3 is 6.18 Å². The summed E-state index contributed by atoms with van der Waals surface area (Å²) in [4.78, 5) is 3.33. The average molecular weight is 289 g/mol. The minimum atomic E-state index is -4.00. The number of para-hydroxylation sites is 1. The molecule has 0 aliphatic heterocycles. The number of alkyl halides is 3. The van der Waals surface area contributed by atoms with E-state index in [1.165, 1.54) is 22.2 Å². The van der Waals surface area contributed by atoms with Crippen LogP contribution < -0.4 is 0 Å². The van der Waals surface area contributed by atoms with Crippen LogP contribution in [0, 0.1) is 13.8 Å². The molecule has 1 aromatic heterocycles. The molecule has 0 amide bonds. The van der Waals surface area contributed by atoms with Gasteiger partial charge in [-0.2, -0.15) is 13.2 Å². The number of aromatic nitrogens is 1. The van der Waals surface area contributed by atoms with Gasteiger partial charge in [0.15, 0.2) is 0 Å². The number of aryl methyl sites for hydroxylation is 2. The van der Waals surface area contributed by atoms with Crippen LogP contribution in [0.3, 0.4) is 0 Å². The third-order valence-corrected chi connectivity index (χ3v) is 2.22. The summed E-state index contributed by atoms with van der Waals surface area (Å²) in [6.45, 7) is 12.4. The van der Waals surface area contributed by atoms with Crippen LogP contribution in [-0.2, 0) is 0 Å². The van der Waals surface area contributed by atoms with Gasteiger partial charge in [-0.25, -0.2) is 0 Å². The van der Waals surface area contributed by atoms with Crippen molar-refractivity contribution >= 4 is 10.9 Å². The van der Waals surface area contributed by atoms with Gasteiger partial charge in [0.1, 0.15) is 0 Å². The van der Waals surface area contributed by atoms with Crippen molar-refractivity contribution in [3.05, 3.63) is 35.5 Å². The van der Waals surface area contributed by atoms with E-state index in [9.17, 15) is 13.2 Å². The lowest BCUT2D eigenvalue weighted by molar-refractivity contribution is -0.110. The fourth-order valence-electron chi connectivity index (χ4n) is 1.42. The smallest absolute Gasteiger partial charge is 0.358 e. The van der Waals surface area contributed by atoms with Gasteiger partial charge < -0.3 is 4.98 Å². The van der Waals surface area contributed by atoms with Crippen LogP contribution in [0.15, 0.2) is 24.3 Å². The maximum atomic E-state index is 10.4. The van der Waals surface area contributed by atoms with E-state index < -0.39 is 6.18 Å². The number of rotatable bonds is 0. The van der Waals surface area contributed by atoms with Crippen molar-refractivity contribution in [2.24, 2.45) is 0 Å². The molecule has 1 aromatic carbocycles. The van der Waals surface area contributed by atoms with Crippen molar-refractivity contribution < 1.29 is 13.2 Å². The van der Waals surface area contributed by atoms with E-state index >= 15 is 0 Å². The molecule has 0 fully saturated rings. The summed E-state index contributed by atoms with van der Waals surface area (Å²) in [6.07, 6.45) is -4.00. The average Bonchev–Trinajstić information content (AvgIpc) is 2.69. The third-order valence-electron chi connectivity index (χ3n) is 2.22. The van der Waals surface area contributed by atoms with Crippen LogP contribution in [0.25, 0.3) is 10.9 Å². The van der Waals surface area contributed by atoms with Gasteiger partial charge in [-0.15, -0.1) is 0 Å². The summed E-state index contributed by atoms with van der Waals surface area (Å²) >= 11 is 0. The highest BCUT2D eigenvalue weighted by Crippen LogP contribution is 2.19. The Bertz CT molecular complexity index is 464. The van der Waals surface area contributed by atoms with Gasteiger partial charge in [-0.1, -0.05) is 45.9 Å². The summed E-state index contributed by atoms with van der Waals surface area (Å²) in [5.41, 5.74) is 3.87. The lowest BCUT2D eigenvalue weighted by Crippen LogP contribution is -1.95. The van der Waals surface area contributed by atoms with Gasteiger partial charge in [-0.3, -0.25) is 0 Å². The molecule has 4 heteroatoms. The molecule has 0 aliphatic carbocycles. The number of H-pyrrole nitrogens is 1. The molecule has 0 atom stereocenters. The Morgan fingerprint density at radius 3 is 1.70 bits per heavy atom. The van der Waals surface area contributed by atoms with Crippen molar-refractivity contribution in [1.29, 1.82) is 0 Å². The topological polar surface area (TPSA) is 15.8 Å². The molecule has 2 aromatic rings. The second-order valence-corrected chi connectivity index (χ2v) is 3.70. The normalized spacial score (nSPS) is 9.50. The molecular weight excluding hydrogens is 263 g/mol. The number of hydrogen-bond acceptors (Lipinski definition) is 0. The first kappa shape index (κ1) is 20.9. The molecule has 2 rings (SSSR count). The zero-order valence-electron chi connectivity index (χ0n) is 13.4. The van der Waals surface area contributed by atoms with E-state index in [0.29, 0.717) is 0 Å². The lowest BCUT2D eigenvalue weighted by Gasteiger charge is -1.88. The van der Waals surface area contributed by atoms with Crippen LogP contribution >= 0.6 is 0 Å². The van der Waals surface area contributed by atoms with E-state index in [1.54, 1.807) is 0 Å². The highest BCUT2D eigenvalue weighted by molar-refractivity contribution is 5.84. The first-order valence-electron chi connectivity index (χ1n) is 6.89. The Morgan fingerprint density at radius 1 is 0.900 bits per heavy atom. The van der Waals surface area contributed by atoms with E-state index in [-0.39, 0.29) is 6.92 Å². The number of aromatic amines is 1. The SMILES string of the molecule is CC.CC.CC(F)(F)F.Cc1[nH]c2ccccc2c1C. The van der Waals surface area contributed by atoms with Gasteiger partial charge in [0.2, 0.25) is 0 Å². The maximum absolute atomic E-state index is 10.4. The van der Waals surface area contributed by atoms with Crippen LogP contribution in [0.1, 0.15) is 45.9 Å². The van der Waals surface area contributed by atoms with E-state index in [4.69, 9.17) is 0 Å². The first-order valence-corrected chi connectivity index (χ1v) is 6.89. The largest absolute Gasteiger partial charge is 0.386 e. The van der Waals surface area contributed by atoms with Crippen molar-refractivity contribution in [3.8, 4) is 0 Å². The summed E-state index contributed by atoms with van der Waals surface area (Å²) < 4.78 is 31.1. The molecule has 0 aliphatic rings. The molecule has 0 saturated heterocycles. The first-order chi connectivity index (χ1) is 9.29. The van der Waals surface area contributed by atoms with Gasteiger partial charge in [0, 0.05) is 23.5 Å². The zero-order chi connectivity index (χ0) is 16.3. The second kappa shape index (κ2) is 10.4. The Hall–Kier alpha value is -1.45. The quantitative estimate of drug-likeness (QED) is 0.577. The minimum absolute atomic E-state index is 0.188. The van der Waals surface area contributed by atoms with Crippen molar-refractivity contribution in [2.75, 3.05) is 0 Å². The predicted molar refractivity (Wildman–Crippen MR) is 82.2 cm³/mol. The van der Waals surface area contributed by atoms with Crippen molar-refractivity contribution in [3.63, 3.8) is 0 Å². The number of hydrogen-bond donors (Lipinski definition) is 1. The van der Waals surface area contributed by atoms with Crippen LogP contribution in [0.5, 0.6) is 0 Å². The van der Waals surface area contributed by atoms with Gasteiger partial charge in [0.25, 0.3) is 0 Å². The van der Waals surface area contributed by atoms with Crippen LogP contribution in [0.2, 0.25) is 0 Å². The maximum Gasteiger partial charge on any atom is 0.386 e. The number of benzene rings is 1. The lowest BCUT2D eigenvalue weighted by atomic mass is 10.2. The van der Waals surface area contributed by atoms with Crippen molar-refractivity contribution in [1.82, 2.24) is 4.98 Å². The molecule has 0 spiro atoms. The molecule has 1 nitrogen and oxygen atoms in total. The minimum Gasteiger partial charge on any atom is -0.358 e. The predicted octanol–water partition coefficient (Wildman–Crippen LogP) is 6.41. The van der Waals surface area contributed by atoms with E-state index in [2.05, 4.69) is 43.1 Å². The number of nitrogens with one attached hydrogen (secondary N) is 1. The highest BCUT2D eigenvalue weighted by Gasteiger charge is 2.15. The molecule has 1 heterocycles. The Kier molecular flexibility index (Phi) is 10.8. The molecule has 20 heavy (non-hydrogen) atoms. The Labute approximate surface area is 120 Å². The standard InChI is InChI=1S/C10H11N.C2H3F3.2C2H6/c1-7-8(2)11-10-6-4-3-5-9(7)10;1-2(3,4)5;2*1-2/h3-6,11H,1-2H3;1H3;2*1-2H3. The third kappa shape index (κ3) is 8.62. The van der Waals surface area contributed by atoms with E-state index in [0.717, 1.165) is 0 Å². The van der Waals surface area contributed by atoms with Crippen LogP contribution in [0.4, 0.5) is 13.2 Å². The van der Waals surface area contributed by atoms with Gasteiger partial charge in [-0.05, 0) is 25.5 Å². The fourth-order valence-corrected chi connectivity index (χ4v) is 1.42. The monoisotopic (exact) mass is 289 g/mol. The van der Waals surface area contributed by atoms with Crippen molar-refractivity contribution in [2.45, 2.75) is 54.6 Å². The molecule has 116 valence electrons. The molecule has 0 saturated carbocycles. The highest BCUT2D eigenvalue weighted by atomic mass is 19.4.